The molecular weight excluding hydrogens is 302 g/mol. The number of carbonyl (C=O) groups excluding carboxylic acids is 2. The fourth-order valence-corrected chi connectivity index (χ4v) is 2.63. The van der Waals surface area contributed by atoms with Gasteiger partial charge in [0.2, 0.25) is 11.8 Å². The molecule has 0 atom stereocenters. The van der Waals surface area contributed by atoms with Gasteiger partial charge in [0, 0.05) is 32.1 Å². The third-order valence-electron chi connectivity index (χ3n) is 3.07. The Hall–Kier alpha value is -1.47. The van der Waals surface area contributed by atoms with Crippen LogP contribution in [0.15, 0.2) is 5.38 Å². The number of amides is 2. The molecule has 0 aliphatic heterocycles. The topological polar surface area (TPSA) is 71.5 Å². The summed E-state index contributed by atoms with van der Waals surface area (Å²) in [4.78, 5) is 30.0. The monoisotopic (exact) mass is 327 g/mol. The average Bonchev–Trinajstić information content (AvgIpc) is 2.88. The fraction of sp³-hybridized carbons (Fsp3) is 0.667. The molecule has 0 saturated heterocycles. The summed E-state index contributed by atoms with van der Waals surface area (Å²) >= 11 is 1.38. The minimum absolute atomic E-state index is 0.0171. The highest BCUT2D eigenvalue weighted by molar-refractivity contribution is 7.13. The van der Waals surface area contributed by atoms with Gasteiger partial charge in [0.05, 0.1) is 12.2 Å². The number of nitrogens with zero attached hydrogens (tertiary/aromatic N) is 2. The summed E-state index contributed by atoms with van der Waals surface area (Å²) in [6.07, 6.45) is 3.00. The molecule has 124 valence electrons. The summed E-state index contributed by atoms with van der Waals surface area (Å²) in [5.41, 5.74) is 0.872. The third-order valence-corrected chi connectivity index (χ3v) is 3.95. The van der Waals surface area contributed by atoms with Gasteiger partial charge in [-0.25, -0.2) is 4.98 Å². The highest BCUT2D eigenvalue weighted by atomic mass is 32.1. The number of aryl methyl sites for hydroxylation is 1. The number of rotatable bonds is 10. The molecule has 6 nitrogen and oxygen atoms in total. The summed E-state index contributed by atoms with van der Waals surface area (Å²) in [6.45, 7) is 5.08. The number of hydrogen-bond acceptors (Lipinski definition) is 5. The molecule has 0 aromatic carbocycles. The molecule has 0 radical (unpaired) electrons. The van der Waals surface area contributed by atoms with E-state index in [1.165, 1.54) is 11.3 Å². The van der Waals surface area contributed by atoms with Gasteiger partial charge in [0.1, 0.15) is 0 Å². The zero-order chi connectivity index (χ0) is 16.4. The summed E-state index contributed by atoms with van der Waals surface area (Å²) in [5.74, 6) is -0.194. The molecule has 2 amide bonds. The number of methoxy groups -OCH3 is 1. The first-order chi connectivity index (χ1) is 10.6. The van der Waals surface area contributed by atoms with Crippen molar-refractivity contribution in [3.05, 3.63) is 11.1 Å². The molecule has 1 N–H and O–H groups in total. The molecule has 0 aliphatic carbocycles. The van der Waals surface area contributed by atoms with Crippen LogP contribution in [0.1, 0.15) is 38.3 Å². The second-order valence-electron chi connectivity index (χ2n) is 5.11. The Morgan fingerprint density at radius 2 is 2.18 bits per heavy atom. The Morgan fingerprint density at radius 1 is 1.41 bits per heavy atom. The van der Waals surface area contributed by atoms with E-state index in [1.54, 1.807) is 12.0 Å². The Labute approximate surface area is 135 Å². The van der Waals surface area contributed by atoms with Crippen LogP contribution in [0.2, 0.25) is 0 Å². The zero-order valence-electron chi connectivity index (χ0n) is 13.6. The number of hydrogen-bond donors (Lipinski definition) is 1. The normalized spacial score (nSPS) is 10.5. The fourth-order valence-electron chi connectivity index (χ4n) is 1.92. The first kappa shape index (κ1) is 18.6. The zero-order valence-corrected chi connectivity index (χ0v) is 14.4. The quantitative estimate of drug-likeness (QED) is 0.670. The molecular formula is C15H25N3O3S. The van der Waals surface area contributed by atoms with Crippen LogP contribution in [0.25, 0.3) is 0 Å². The first-order valence-corrected chi connectivity index (χ1v) is 8.43. The van der Waals surface area contributed by atoms with Crippen molar-refractivity contribution in [1.29, 1.82) is 0 Å². The molecule has 1 aromatic rings. The molecule has 0 unspecified atom stereocenters. The number of aromatic nitrogens is 1. The smallest absolute Gasteiger partial charge is 0.245 e. The lowest BCUT2D eigenvalue weighted by atomic mass is 10.2. The number of thiazole rings is 1. The molecule has 1 rings (SSSR count). The lowest BCUT2D eigenvalue weighted by Gasteiger charge is -2.22. The molecule has 1 aromatic heterocycles. The highest BCUT2D eigenvalue weighted by Gasteiger charge is 2.17. The van der Waals surface area contributed by atoms with Gasteiger partial charge in [-0.1, -0.05) is 13.3 Å². The molecule has 22 heavy (non-hydrogen) atoms. The Bertz CT molecular complexity index is 476. The molecule has 1 heterocycles. The van der Waals surface area contributed by atoms with Crippen molar-refractivity contribution < 1.29 is 14.3 Å². The van der Waals surface area contributed by atoms with Gasteiger partial charge in [0.25, 0.3) is 0 Å². The summed E-state index contributed by atoms with van der Waals surface area (Å²) in [5, 5.41) is 5.18. The standard InChI is InChI=1S/C15H25N3O3S/c1-4-5-7-14(20)18(8-6-9-21-3)10-13(19)17-15-16-12(2)11-22-15/h11H,4-10H2,1-3H3,(H,16,17,19). The largest absolute Gasteiger partial charge is 0.385 e. The predicted octanol–water partition coefficient (Wildman–Crippen LogP) is 2.45. The van der Waals surface area contributed by atoms with Gasteiger partial charge in [-0.3, -0.25) is 9.59 Å². The minimum atomic E-state index is -0.211. The van der Waals surface area contributed by atoms with Crippen LogP contribution in [-0.4, -0.2) is 48.5 Å². The summed E-state index contributed by atoms with van der Waals surface area (Å²) in [7, 11) is 1.63. The third kappa shape index (κ3) is 7.00. The van der Waals surface area contributed by atoms with E-state index in [0.29, 0.717) is 24.7 Å². The van der Waals surface area contributed by atoms with Gasteiger partial charge in [-0.2, -0.15) is 0 Å². The number of unbranched alkanes of at least 4 members (excludes halogenated alkanes) is 1. The maximum atomic E-state index is 12.2. The molecule has 0 saturated carbocycles. The van der Waals surface area contributed by atoms with Crippen LogP contribution in [0.3, 0.4) is 0 Å². The van der Waals surface area contributed by atoms with Crippen molar-refractivity contribution in [1.82, 2.24) is 9.88 Å². The van der Waals surface area contributed by atoms with Crippen molar-refractivity contribution in [2.45, 2.75) is 39.5 Å². The molecule has 7 heteroatoms. The van der Waals surface area contributed by atoms with E-state index in [1.807, 2.05) is 19.2 Å². The molecule has 0 spiro atoms. The Morgan fingerprint density at radius 3 is 2.77 bits per heavy atom. The number of anilines is 1. The molecule has 0 aliphatic rings. The second kappa shape index (κ2) is 10.3. The summed E-state index contributed by atoms with van der Waals surface area (Å²) < 4.78 is 5.01. The Kier molecular flexibility index (Phi) is 8.69. The van der Waals surface area contributed by atoms with Crippen molar-refractivity contribution >= 4 is 28.3 Å². The van der Waals surface area contributed by atoms with Gasteiger partial charge in [-0.15, -0.1) is 11.3 Å². The van der Waals surface area contributed by atoms with Crippen LogP contribution in [-0.2, 0) is 14.3 Å². The van der Waals surface area contributed by atoms with Crippen LogP contribution in [0.4, 0.5) is 5.13 Å². The first-order valence-electron chi connectivity index (χ1n) is 7.55. The van der Waals surface area contributed by atoms with Crippen molar-refractivity contribution in [3.63, 3.8) is 0 Å². The van der Waals surface area contributed by atoms with E-state index in [9.17, 15) is 9.59 Å². The van der Waals surface area contributed by atoms with E-state index in [-0.39, 0.29) is 18.4 Å². The second-order valence-corrected chi connectivity index (χ2v) is 5.97. The van der Waals surface area contributed by atoms with Crippen molar-refractivity contribution in [2.75, 3.05) is 32.1 Å². The van der Waals surface area contributed by atoms with Crippen LogP contribution in [0.5, 0.6) is 0 Å². The van der Waals surface area contributed by atoms with Crippen LogP contribution < -0.4 is 5.32 Å². The SMILES string of the molecule is CCCCC(=O)N(CCCOC)CC(=O)Nc1nc(C)cs1. The number of ether oxygens (including phenoxy) is 1. The predicted molar refractivity (Wildman–Crippen MR) is 88.1 cm³/mol. The van der Waals surface area contributed by atoms with E-state index in [2.05, 4.69) is 10.3 Å². The Balaban J connectivity index is 2.53. The van der Waals surface area contributed by atoms with Crippen molar-refractivity contribution in [2.24, 2.45) is 0 Å². The van der Waals surface area contributed by atoms with Gasteiger partial charge in [0.15, 0.2) is 5.13 Å². The van der Waals surface area contributed by atoms with E-state index in [0.717, 1.165) is 25.0 Å². The van der Waals surface area contributed by atoms with Gasteiger partial charge >= 0.3 is 0 Å². The van der Waals surface area contributed by atoms with Gasteiger partial charge < -0.3 is 15.0 Å². The maximum absolute atomic E-state index is 12.2. The van der Waals surface area contributed by atoms with Crippen molar-refractivity contribution in [3.8, 4) is 0 Å². The lowest BCUT2D eigenvalue weighted by Crippen LogP contribution is -2.38. The average molecular weight is 327 g/mol. The van der Waals surface area contributed by atoms with E-state index in [4.69, 9.17) is 4.74 Å². The number of carbonyl (C=O) groups is 2. The minimum Gasteiger partial charge on any atom is -0.385 e. The number of nitrogens with one attached hydrogen (secondary N) is 1. The molecule has 0 fully saturated rings. The van der Waals surface area contributed by atoms with Gasteiger partial charge in [-0.05, 0) is 19.8 Å². The summed E-state index contributed by atoms with van der Waals surface area (Å²) in [6, 6.07) is 0. The van der Waals surface area contributed by atoms with Crippen LogP contribution >= 0.6 is 11.3 Å². The van der Waals surface area contributed by atoms with E-state index >= 15 is 0 Å². The van der Waals surface area contributed by atoms with Crippen LogP contribution in [0, 0.1) is 6.92 Å². The molecule has 0 bridgehead atoms. The van der Waals surface area contributed by atoms with E-state index < -0.39 is 0 Å². The highest BCUT2D eigenvalue weighted by Crippen LogP contribution is 2.14. The maximum Gasteiger partial charge on any atom is 0.245 e. The lowest BCUT2D eigenvalue weighted by molar-refractivity contribution is -0.135.